The van der Waals surface area contributed by atoms with Crippen molar-refractivity contribution >= 4 is 5.91 Å². The molecule has 1 heterocycles. The molecule has 17 heavy (non-hydrogen) atoms. The van der Waals surface area contributed by atoms with Gasteiger partial charge in [-0.1, -0.05) is 0 Å². The maximum Gasteiger partial charge on any atom is 0.290 e. The SMILES string of the molecule is COCCC1(CNC(=O)c2n[nH]c(C)n2)CC1. The number of carbonyl (C=O) groups excluding carboxylic acids is 1. The number of rotatable bonds is 6. The van der Waals surface area contributed by atoms with Gasteiger partial charge in [0.2, 0.25) is 5.82 Å². The predicted molar refractivity (Wildman–Crippen MR) is 61.6 cm³/mol. The topological polar surface area (TPSA) is 79.9 Å². The number of aryl methyl sites for hydroxylation is 1. The molecular formula is C11H18N4O2. The third-order valence-corrected chi connectivity index (χ3v) is 3.22. The summed E-state index contributed by atoms with van der Waals surface area (Å²) in [6.45, 7) is 3.20. The third-order valence-electron chi connectivity index (χ3n) is 3.22. The van der Waals surface area contributed by atoms with Gasteiger partial charge in [0.25, 0.3) is 5.91 Å². The van der Waals surface area contributed by atoms with Gasteiger partial charge in [0.05, 0.1) is 0 Å². The summed E-state index contributed by atoms with van der Waals surface area (Å²) >= 11 is 0. The lowest BCUT2D eigenvalue weighted by atomic mass is 10.0. The number of carbonyl (C=O) groups is 1. The molecule has 0 aromatic carbocycles. The van der Waals surface area contributed by atoms with E-state index in [4.69, 9.17) is 4.74 Å². The fourth-order valence-electron chi connectivity index (χ4n) is 1.80. The van der Waals surface area contributed by atoms with E-state index >= 15 is 0 Å². The van der Waals surface area contributed by atoms with Crippen LogP contribution < -0.4 is 5.32 Å². The zero-order valence-electron chi connectivity index (χ0n) is 10.2. The fourth-order valence-corrected chi connectivity index (χ4v) is 1.80. The van der Waals surface area contributed by atoms with Crippen molar-refractivity contribution in [3.63, 3.8) is 0 Å². The van der Waals surface area contributed by atoms with Gasteiger partial charge in [-0.25, -0.2) is 4.98 Å². The standard InChI is InChI=1S/C11H18N4O2/c1-8-13-9(15-14-8)10(16)12-7-11(3-4-11)5-6-17-2/h3-7H2,1-2H3,(H,12,16)(H,13,14,15). The second-order valence-corrected chi connectivity index (χ2v) is 4.67. The van der Waals surface area contributed by atoms with Crippen molar-refractivity contribution < 1.29 is 9.53 Å². The first-order chi connectivity index (χ1) is 8.15. The number of methoxy groups -OCH3 is 1. The van der Waals surface area contributed by atoms with Gasteiger partial charge in [-0.3, -0.25) is 9.89 Å². The summed E-state index contributed by atoms with van der Waals surface area (Å²) in [5, 5.41) is 9.37. The Morgan fingerprint density at radius 3 is 2.88 bits per heavy atom. The number of hydrogen-bond donors (Lipinski definition) is 2. The summed E-state index contributed by atoms with van der Waals surface area (Å²) < 4.78 is 5.07. The van der Waals surface area contributed by atoms with Gasteiger partial charge in [0.15, 0.2) is 0 Å². The summed E-state index contributed by atoms with van der Waals surface area (Å²) in [7, 11) is 1.70. The molecule has 1 amide bonds. The van der Waals surface area contributed by atoms with Crippen molar-refractivity contribution in [1.29, 1.82) is 0 Å². The lowest BCUT2D eigenvalue weighted by molar-refractivity contribution is 0.0928. The van der Waals surface area contributed by atoms with Crippen LogP contribution in [0.5, 0.6) is 0 Å². The molecule has 2 rings (SSSR count). The largest absolute Gasteiger partial charge is 0.385 e. The Labute approximate surface area is 100 Å². The Hall–Kier alpha value is -1.43. The minimum atomic E-state index is -0.210. The fraction of sp³-hybridized carbons (Fsp3) is 0.727. The van der Waals surface area contributed by atoms with Gasteiger partial charge in [0, 0.05) is 20.3 Å². The van der Waals surface area contributed by atoms with E-state index in [1.165, 1.54) is 0 Å². The number of ether oxygens (including phenoxy) is 1. The van der Waals surface area contributed by atoms with Gasteiger partial charge in [-0.05, 0) is 31.6 Å². The molecule has 1 aliphatic rings. The Kier molecular flexibility index (Phi) is 3.42. The highest BCUT2D eigenvalue weighted by Crippen LogP contribution is 2.48. The highest BCUT2D eigenvalue weighted by molar-refractivity contribution is 5.90. The van der Waals surface area contributed by atoms with Gasteiger partial charge >= 0.3 is 0 Å². The van der Waals surface area contributed by atoms with Crippen LogP contribution in [0.1, 0.15) is 35.7 Å². The minimum absolute atomic E-state index is 0.210. The van der Waals surface area contributed by atoms with Crippen LogP contribution in [-0.2, 0) is 4.74 Å². The zero-order valence-corrected chi connectivity index (χ0v) is 10.2. The molecule has 94 valence electrons. The molecule has 0 spiro atoms. The normalized spacial score (nSPS) is 16.8. The molecule has 0 bridgehead atoms. The van der Waals surface area contributed by atoms with Crippen molar-refractivity contribution in [3.05, 3.63) is 11.6 Å². The summed E-state index contributed by atoms with van der Waals surface area (Å²) in [5.74, 6) is 0.652. The lowest BCUT2D eigenvalue weighted by Gasteiger charge is -2.14. The van der Waals surface area contributed by atoms with E-state index in [0.29, 0.717) is 12.4 Å². The Morgan fingerprint density at radius 1 is 1.59 bits per heavy atom. The van der Waals surface area contributed by atoms with Crippen molar-refractivity contribution in [3.8, 4) is 0 Å². The van der Waals surface area contributed by atoms with E-state index in [0.717, 1.165) is 25.9 Å². The first-order valence-electron chi connectivity index (χ1n) is 5.81. The minimum Gasteiger partial charge on any atom is -0.385 e. The summed E-state index contributed by atoms with van der Waals surface area (Å²) in [6.07, 6.45) is 3.31. The Morgan fingerprint density at radius 2 is 2.35 bits per heavy atom. The number of aromatic nitrogens is 3. The van der Waals surface area contributed by atoms with Gasteiger partial charge in [-0.15, -0.1) is 5.10 Å². The lowest BCUT2D eigenvalue weighted by Crippen LogP contribution is -2.31. The number of H-pyrrole nitrogens is 1. The summed E-state index contributed by atoms with van der Waals surface area (Å²) in [5.41, 5.74) is 0.247. The van der Waals surface area contributed by atoms with Gasteiger partial charge < -0.3 is 10.1 Å². The van der Waals surface area contributed by atoms with Crippen LogP contribution in [0.3, 0.4) is 0 Å². The molecule has 0 saturated heterocycles. The second-order valence-electron chi connectivity index (χ2n) is 4.67. The molecule has 1 saturated carbocycles. The maximum absolute atomic E-state index is 11.7. The highest BCUT2D eigenvalue weighted by Gasteiger charge is 2.42. The van der Waals surface area contributed by atoms with Crippen LogP contribution in [-0.4, -0.2) is 41.3 Å². The van der Waals surface area contributed by atoms with E-state index in [1.807, 2.05) is 0 Å². The molecule has 0 radical (unpaired) electrons. The van der Waals surface area contributed by atoms with Crippen LogP contribution in [0.2, 0.25) is 0 Å². The van der Waals surface area contributed by atoms with Crippen LogP contribution in [0.25, 0.3) is 0 Å². The highest BCUT2D eigenvalue weighted by atomic mass is 16.5. The van der Waals surface area contributed by atoms with Crippen LogP contribution in [0.15, 0.2) is 0 Å². The van der Waals surface area contributed by atoms with Crippen LogP contribution >= 0.6 is 0 Å². The summed E-state index contributed by atoms with van der Waals surface area (Å²) in [4.78, 5) is 15.7. The molecular weight excluding hydrogens is 220 g/mol. The number of nitrogens with zero attached hydrogens (tertiary/aromatic N) is 2. The molecule has 1 aromatic rings. The average molecular weight is 238 g/mol. The monoisotopic (exact) mass is 238 g/mol. The number of hydrogen-bond acceptors (Lipinski definition) is 4. The quantitative estimate of drug-likeness (QED) is 0.763. The van der Waals surface area contributed by atoms with E-state index < -0.39 is 0 Å². The van der Waals surface area contributed by atoms with Crippen molar-refractivity contribution in [1.82, 2.24) is 20.5 Å². The van der Waals surface area contributed by atoms with Crippen LogP contribution in [0, 0.1) is 12.3 Å². The molecule has 1 aliphatic carbocycles. The molecule has 6 nitrogen and oxygen atoms in total. The Balaban J connectivity index is 1.80. The molecule has 6 heteroatoms. The number of amides is 1. The number of aromatic amines is 1. The van der Waals surface area contributed by atoms with E-state index in [-0.39, 0.29) is 17.1 Å². The second kappa shape index (κ2) is 4.83. The van der Waals surface area contributed by atoms with Gasteiger partial charge in [0.1, 0.15) is 5.82 Å². The number of nitrogens with one attached hydrogen (secondary N) is 2. The maximum atomic E-state index is 11.7. The van der Waals surface area contributed by atoms with E-state index in [9.17, 15) is 4.79 Å². The molecule has 0 atom stereocenters. The smallest absolute Gasteiger partial charge is 0.290 e. The third kappa shape index (κ3) is 3.03. The molecule has 1 aromatic heterocycles. The molecule has 0 aliphatic heterocycles. The average Bonchev–Trinajstić information content (AvgIpc) is 2.97. The molecule has 2 N–H and O–H groups in total. The van der Waals surface area contributed by atoms with Crippen molar-refractivity contribution in [2.45, 2.75) is 26.2 Å². The zero-order chi connectivity index (χ0) is 12.3. The van der Waals surface area contributed by atoms with Gasteiger partial charge in [-0.2, -0.15) is 0 Å². The first kappa shape index (κ1) is 12.0. The Bertz CT molecular complexity index is 398. The molecule has 0 unspecified atom stereocenters. The summed E-state index contributed by atoms with van der Waals surface area (Å²) in [6, 6.07) is 0. The van der Waals surface area contributed by atoms with Crippen molar-refractivity contribution in [2.75, 3.05) is 20.3 Å². The predicted octanol–water partition coefficient (Wildman–Crippen LogP) is 0.660. The van der Waals surface area contributed by atoms with Crippen molar-refractivity contribution in [2.24, 2.45) is 5.41 Å². The van der Waals surface area contributed by atoms with Crippen LogP contribution in [0.4, 0.5) is 0 Å². The first-order valence-corrected chi connectivity index (χ1v) is 5.81. The van der Waals surface area contributed by atoms with E-state index in [1.54, 1.807) is 14.0 Å². The molecule has 1 fully saturated rings. The van der Waals surface area contributed by atoms with E-state index in [2.05, 4.69) is 20.5 Å².